The van der Waals surface area contributed by atoms with E-state index in [1.165, 1.54) is 0 Å². The zero-order valence-corrected chi connectivity index (χ0v) is 13.4. The van der Waals surface area contributed by atoms with Crippen molar-refractivity contribution < 1.29 is 4.74 Å². The highest BCUT2D eigenvalue weighted by Gasteiger charge is 2.21. The number of hydrogen-bond donors (Lipinski definition) is 1. The number of para-hydroxylation sites is 1. The number of hydrogen-bond acceptors (Lipinski definition) is 3. The Morgan fingerprint density at radius 2 is 1.78 bits per heavy atom. The molecule has 0 saturated carbocycles. The summed E-state index contributed by atoms with van der Waals surface area (Å²) in [5.41, 5.74) is 10.3. The summed E-state index contributed by atoms with van der Waals surface area (Å²) in [6.07, 6.45) is 0. The van der Waals surface area contributed by atoms with Crippen LogP contribution in [0.5, 0.6) is 5.75 Å². The van der Waals surface area contributed by atoms with E-state index >= 15 is 0 Å². The Balaban J connectivity index is 2.04. The van der Waals surface area contributed by atoms with Gasteiger partial charge in [-0.25, -0.2) is 0 Å². The van der Waals surface area contributed by atoms with Gasteiger partial charge in [0.25, 0.3) is 0 Å². The van der Waals surface area contributed by atoms with Gasteiger partial charge in [0.2, 0.25) is 0 Å². The quantitative estimate of drug-likeness (QED) is 0.787. The van der Waals surface area contributed by atoms with Gasteiger partial charge < -0.3 is 10.5 Å². The minimum atomic E-state index is 0.0427. The van der Waals surface area contributed by atoms with Crippen molar-refractivity contribution in [2.24, 2.45) is 12.8 Å². The largest absolute Gasteiger partial charge is 0.496 e. The molecule has 0 spiro atoms. The predicted molar refractivity (Wildman–Crippen MR) is 92.5 cm³/mol. The molecule has 1 unspecified atom stereocenters. The summed E-state index contributed by atoms with van der Waals surface area (Å²) in [6, 6.07) is 20.3. The van der Waals surface area contributed by atoms with Gasteiger partial charge in [-0.05, 0) is 12.1 Å². The van der Waals surface area contributed by atoms with E-state index in [9.17, 15) is 0 Å². The van der Waals surface area contributed by atoms with Gasteiger partial charge in [-0.1, -0.05) is 48.5 Å². The van der Waals surface area contributed by atoms with E-state index in [1.807, 2.05) is 48.1 Å². The van der Waals surface area contributed by atoms with Gasteiger partial charge in [0.05, 0.1) is 12.8 Å². The van der Waals surface area contributed by atoms with Crippen molar-refractivity contribution in [2.75, 3.05) is 13.7 Å². The number of nitrogens with two attached hydrogens (primary N) is 1. The second-order valence-electron chi connectivity index (χ2n) is 5.47. The number of ether oxygens (including phenoxy) is 1. The van der Waals surface area contributed by atoms with Crippen LogP contribution in [0.1, 0.15) is 17.2 Å². The van der Waals surface area contributed by atoms with Crippen molar-refractivity contribution in [3.8, 4) is 17.0 Å². The van der Waals surface area contributed by atoms with Crippen LogP contribution in [0.25, 0.3) is 11.3 Å². The molecule has 0 bridgehead atoms. The number of benzene rings is 2. The van der Waals surface area contributed by atoms with Crippen LogP contribution in [0.4, 0.5) is 0 Å². The second-order valence-corrected chi connectivity index (χ2v) is 5.47. The van der Waals surface area contributed by atoms with Crippen LogP contribution in [-0.4, -0.2) is 23.4 Å². The lowest BCUT2D eigenvalue weighted by Gasteiger charge is -2.18. The van der Waals surface area contributed by atoms with E-state index in [4.69, 9.17) is 10.5 Å². The van der Waals surface area contributed by atoms with E-state index in [0.717, 1.165) is 28.3 Å². The Morgan fingerprint density at radius 1 is 1.09 bits per heavy atom. The molecule has 4 nitrogen and oxygen atoms in total. The van der Waals surface area contributed by atoms with Gasteiger partial charge in [-0.2, -0.15) is 5.10 Å². The topological polar surface area (TPSA) is 53.1 Å². The standard InChI is InChI=1S/C19H21N3O/c1-22-18(12-17(21-22)14-8-4-3-5-9-14)16(13-20)15-10-6-7-11-19(15)23-2/h3-12,16H,13,20H2,1-2H3. The van der Waals surface area contributed by atoms with Crippen LogP contribution in [0.2, 0.25) is 0 Å². The van der Waals surface area contributed by atoms with Crippen molar-refractivity contribution in [1.29, 1.82) is 0 Å². The summed E-state index contributed by atoms with van der Waals surface area (Å²) in [4.78, 5) is 0. The van der Waals surface area contributed by atoms with Crippen molar-refractivity contribution in [2.45, 2.75) is 5.92 Å². The Labute approximate surface area is 136 Å². The molecule has 1 atom stereocenters. The summed E-state index contributed by atoms with van der Waals surface area (Å²) < 4.78 is 7.40. The lowest BCUT2D eigenvalue weighted by Crippen LogP contribution is -2.17. The van der Waals surface area contributed by atoms with E-state index in [1.54, 1.807) is 7.11 Å². The molecule has 0 aliphatic heterocycles. The molecule has 3 aromatic rings. The maximum absolute atomic E-state index is 6.08. The zero-order chi connectivity index (χ0) is 16.2. The summed E-state index contributed by atoms with van der Waals surface area (Å²) in [5.74, 6) is 0.895. The highest BCUT2D eigenvalue weighted by atomic mass is 16.5. The van der Waals surface area contributed by atoms with E-state index in [-0.39, 0.29) is 5.92 Å². The molecule has 0 aliphatic carbocycles. The molecule has 118 valence electrons. The Morgan fingerprint density at radius 3 is 2.48 bits per heavy atom. The number of aryl methyl sites for hydroxylation is 1. The average molecular weight is 307 g/mol. The first-order valence-electron chi connectivity index (χ1n) is 7.67. The normalized spacial score (nSPS) is 12.1. The van der Waals surface area contributed by atoms with Gasteiger partial charge in [0.1, 0.15) is 5.75 Å². The van der Waals surface area contributed by atoms with Gasteiger partial charge >= 0.3 is 0 Å². The van der Waals surface area contributed by atoms with Crippen molar-refractivity contribution in [3.05, 3.63) is 71.9 Å². The minimum absolute atomic E-state index is 0.0427. The molecule has 2 N–H and O–H groups in total. The van der Waals surface area contributed by atoms with Crippen LogP contribution >= 0.6 is 0 Å². The fraction of sp³-hybridized carbons (Fsp3) is 0.211. The highest BCUT2D eigenvalue weighted by Crippen LogP contribution is 2.32. The third-order valence-corrected chi connectivity index (χ3v) is 4.09. The van der Waals surface area contributed by atoms with Crippen LogP contribution in [0.3, 0.4) is 0 Å². The average Bonchev–Trinajstić information content (AvgIpc) is 2.99. The molecule has 23 heavy (non-hydrogen) atoms. The lowest BCUT2D eigenvalue weighted by molar-refractivity contribution is 0.407. The molecule has 0 saturated heterocycles. The molecule has 4 heteroatoms. The summed E-state index contributed by atoms with van der Waals surface area (Å²) in [7, 11) is 3.64. The first-order chi connectivity index (χ1) is 11.2. The van der Waals surface area contributed by atoms with Crippen molar-refractivity contribution in [1.82, 2.24) is 9.78 Å². The Kier molecular flexibility index (Phi) is 4.44. The first kappa shape index (κ1) is 15.3. The predicted octanol–water partition coefficient (Wildman–Crippen LogP) is 3.19. The van der Waals surface area contributed by atoms with Crippen LogP contribution in [0, 0.1) is 0 Å². The maximum atomic E-state index is 6.08. The van der Waals surface area contributed by atoms with Crippen LogP contribution in [0.15, 0.2) is 60.7 Å². The monoisotopic (exact) mass is 307 g/mol. The molecule has 3 rings (SSSR count). The lowest BCUT2D eigenvalue weighted by atomic mass is 9.94. The molecule has 0 fully saturated rings. The number of aromatic nitrogens is 2. The number of rotatable bonds is 5. The molecule has 0 radical (unpaired) electrons. The van der Waals surface area contributed by atoms with Crippen LogP contribution in [-0.2, 0) is 7.05 Å². The molecule has 0 aliphatic rings. The Bertz CT molecular complexity index is 780. The van der Waals surface area contributed by atoms with Gasteiger partial charge in [-0.3, -0.25) is 4.68 Å². The second kappa shape index (κ2) is 6.67. The molecular formula is C19H21N3O. The molecular weight excluding hydrogens is 286 g/mol. The molecule has 2 aromatic carbocycles. The number of methoxy groups -OCH3 is 1. The fourth-order valence-electron chi connectivity index (χ4n) is 2.92. The fourth-order valence-corrected chi connectivity index (χ4v) is 2.92. The van der Waals surface area contributed by atoms with Gasteiger partial charge in [0.15, 0.2) is 0 Å². The number of nitrogens with zero attached hydrogens (tertiary/aromatic N) is 2. The van der Waals surface area contributed by atoms with E-state index in [0.29, 0.717) is 6.54 Å². The Hall–Kier alpha value is -2.59. The minimum Gasteiger partial charge on any atom is -0.496 e. The molecule has 1 aromatic heterocycles. The SMILES string of the molecule is COc1ccccc1C(CN)c1cc(-c2ccccc2)nn1C. The van der Waals surface area contributed by atoms with E-state index < -0.39 is 0 Å². The highest BCUT2D eigenvalue weighted by molar-refractivity contribution is 5.60. The van der Waals surface area contributed by atoms with Crippen molar-refractivity contribution >= 4 is 0 Å². The summed E-state index contributed by atoms with van der Waals surface area (Å²) in [6.45, 7) is 0.494. The van der Waals surface area contributed by atoms with Gasteiger partial charge in [-0.15, -0.1) is 0 Å². The van der Waals surface area contributed by atoms with E-state index in [2.05, 4.69) is 29.4 Å². The smallest absolute Gasteiger partial charge is 0.122 e. The third kappa shape index (κ3) is 2.98. The summed E-state index contributed by atoms with van der Waals surface area (Å²) >= 11 is 0. The zero-order valence-electron chi connectivity index (χ0n) is 13.4. The third-order valence-electron chi connectivity index (χ3n) is 4.09. The molecule has 0 amide bonds. The maximum Gasteiger partial charge on any atom is 0.122 e. The first-order valence-corrected chi connectivity index (χ1v) is 7.67. The van der Waals surface area contributed by atoms with Gasteiger partial charge in [0, 0.05) is 36.3 Å². The summed E-state index contributed by atoms with van der Waals surface area (Å²) in [5, 5.41) is 4.65. The van der Waals surface area contributed by atoms with Crippen molar-refractivity contribution in [3.63, 3.8) is 0 Å². The molecule has 1 heterocycles. The van der Waals surface area contributed by atoms with Crippen LogP contribution < -0.4 is 10.5 Å².